The Labute approximate surface area is 378 Å². The molecule has 31 nitrogen and oxygen atoms in total. The summed E-state index contributed by atoms with van der Waals surface area (Å²) in [5.41, 5.74) is 0. The van der Waals surface area contributed by atoms with Gasteiger partial charge < -0.3 is 154 Å². The van der Waals surface area contributed by atoms with E-state index >= 15 is 0 Å². The number of hydrogen-bond acceptors (Lipinski definition) is 31. The Bertz CT molecular complexity index is 1500. The highest BCUT2D eigenvalue weighted by atomic mass is 16.8. The first-order valence-corrected chi connectivity index (χ1v) is 21.1. The molecule has 31 heteroatoms. The van der Waals surface area contributed by atoms with Gasteiger partial charge in [0.1, 0.15) is 146 Å². The van der Waals surface area contributed by atoms with Crippen LogP contribution in [0.5, 0.6) is 0 Å². The number of aliphatic hydroxyl groups is 20. The lowest BCUT2D eigenvalue weighted by Gasteiger charge is -2.49. The Balaban J connectivity index is 1.19. The molecule has 6 fully saturated rings. The van der Waals surface area contributed by atoms with E-state index in [1.807, 2.05) is 0 Å². The number of aliphatic hydroxyl groups excluding tert-OH is 20. The normalized spacial score (nSPS) is 53.4. The smallest absolute Gasteiger partial charge is 0.187 e. The minimum atomic E-state index is -2.26. The first-order valence-electron chi connectivity index (χ1n) is 21.1. The molecule has 67 heavy (non-hydrogen) atoms. The fourth-order valence-corrected chi connectivity index (χ4v) is 8.31. The summed E-state index contributed by atoms with van der Waals surface area (Å²) in [6, 6.07) is 0. The standard InChI is InChI=1S/C36H62O31/c37-1-7-13(41)16(44)23(51)32(60-7)57-5-11-15(43)18(46)25(53)34(63-11)67-30-12(6-58-33-24(52)17(45)14(42)8(2-38)61-33)64-36(27(55)21(30)49)66-29-10(4-40)62-35(26(54)20(29)48)65-28-9(3-39)59-31(56)22(50)19(28)47/h7-56H,1-6H2/t7-,8-,9-,10-,11-,12-,13+,14+,15-,16+,17+,18+,19-,20-,21-,22+,23-,24-,25+,26+,27+,28-,29-,30-,31?,32+,33+,34+,35+,36+/m1/s1. The van der Waals surface area contributed by atoms with Crippen molar-refractivity contribution in [3.05, 3.63) is 0 Å². The minimum absolute atomic E-state index is 0.808. The van der Waals surface area contributed by atoms with Crippen LogP contribution in [0.3, 0.4) is 0 Å². The molecule has 20 N–H and O–H groups in total. The highest BCUT2D eigenvalue weighted by Gasteiger charge is 2.56. The van der Waals surface area contributed by atoms with Gasteiger partial charge in [-0.25, -0.2) is 0 Å². The van der Waals surface area contributed by atoms with E-state index in [0.717, 1.165) is 0 Å². The summed E-state index contributed by atoms with van der Waals surface area (Å²) in [7, 11) is 0. The molecule has 6 saturated heterocycles. The highest BCUT2D eigenvalue weighted by Crippen LogP contribution is 2.35. The van der Waals surface area contributed by atoms with E-state index in [1.165, 1.54) is 0 Å². The second-order valence-electron chi connectivity index (χ2n) is 16.8. The topological polar surface area (TPSA) is 506 Å². The summed E-state index contributed by atoms with van der Waals surface area (Å²) < 4.78 is 60.9. The largest absolute Gasteiger partial charge is 0.394 e. The van der Waals surface area contributed by atoms with Crippen molar-refractivity contribution in [3.8, 4) is 0 Å². The molecule has 6 aliphatic rings. The van der Waals surface area contributed by atoms with E-state index < -0.39 is 224 Å². The second kappa shape index (κ2) is 23.5. The Morgan fingerprint density at radius 2 is 0.537 bits per heavy atom. The van der Waals surface area contributed by atoms with Gasteiger partial charge in [-0.15, -0.1) is 0 Å². The molecule has 0 aromatic rings. The van der Waals surface area contributed by atoms with E-state index in [1.54, 1.807) is 0 Å². The van der Waals surface area contributed by atoms with Crippen LogP contribution in [0.4, 0.5) is 0 Å². The molecule has 6 rings (SSSR count). The van der Waals surface area contributed by atoms with Crippen molar-refractivity contribution >= 4 is 0 Å². The first kappa shape index (κ1) is 55.1. The molecule has 6 heterocycles. The third kappa shape index (κ3) is 11.5. The second-order valence-corrected chi connectivity index (χ2v) is 16.8. The Morgan fingerprint density at radius 1 is 0.254 bits per heavy atom. The fourth-order valence-electron chi connectivity index (χ4n) is 8.31. The van der Waals surface area contributed by atoms with E-state index in [0.29, 0.717) is 0 Å². The molecule has 0 aliphatic carbocycles. The number of hydrogen-bond donors (Lipinski definition) is 20. The lowest BCUT2D eigenvalue weighted by atomic mass is 9.95. The lowest BCUT2D eigenvalue weighted by Crippen LogP contribution is -2.67. The van der Waals surface area contributed by atoms with Gasteiger partial charge in [0.05, 0.1) is 39.6 Å². The van der Waals surface area contributed by atoms with E-state index in [-0.39, 0.29) is 0 Å². The molecule has 6 aliphatic heterocycles. The average molecular weight is 991 g/mol. The van der Waals surface area contributed by atoms with E-state index in [4.69, 9.17) is 52.1 Å². The average Bonchev–Trinajstić information content (AvgIpc) is 3.31. The molecule has 30 atom stereocenters. The predicted molar refractivity (Wildman–Crippen MR) is 199 cm³/mol. The molecule has 0 aromatic heterocycles. The maximum Gasteiger partial charge on any atom is 0.187 e. The van der Waals surface area contributed by atoms with Crippen molar-refractivity contribution < 1.29 is 154 Å². The molecule has 0 saturated carbocycles. The monoisotopic (exact) mass is 990 g/mol. The van der Waals surface area contributed by atoms with Gasteiger partial charge in [-0.05, 0) is 0 Å². The third-order valence-electron chi connectivity index (χ3n) is 12.4. The van der Waals surface area contributed by atoms with Gasteiger partial charge in [0.25, 0.3) is 0 Å². The van der Waals surface area contributed by atoms with Crippen molar-refractivity contribution in [2.24, 2.45) is 0 Å². The summed E-state index contributed by atoms with van der Waals surface area (Å²) in [6.45, 7) is -5.33. The predicted octanol–water partition coefficient (Wildman–Crippen LogP) is -14.1. The van der Waals surface area contributed by atoms with Crippen molar-refractivity contribution in [2.45, 2.75) is 184 Å². The summed E-state index contributed by atoms with van der Waals surface area (Å²) in [4.78, 5) is 0. The minimum Gasteiger partial charge on any atom is -0.394 e. The highest BCUT2D eigenvalue weighted by molar-refractivity contribution is 4.99. The zero-order chi connectivity index (χ0) is 49.3. The van der Waals surface area contributed by atoms with Gasteiger partial charge in [-0.1, -0.05) is 0 Å². The zero-order valence-electron chi connectivity index (χ0n) is 35.0. The Morgan fingerprint density at radius 3 is 0.955 bits per heavy atom. The van der Waals surface area contributed by atoms with Crippen molar-refractivity contribution in [2.75, 3.05) is 39.6 Å². The van der Waals surface area contributed by atoms with Crippen molar-refractivity contribution in [3.63, 3.8) is 0 Å². The summed E-state index contributed by atoms with van der Waals surface area (Å²) in [6.07, 6.45) is -57.1. The molecule has 0 aromatic carbocycles. The van der Waals surface area contributed by atoms with Crippen LogP contribution in [0.2, 0.25) is 0 Å². The number of ether oxygens (including phenoxy) is 11. The molecule has 0 bridgehead atoms. The van der Waals surface area contributed by atoms with E-state index in [2.05, 4.69) is 0 Å². The molecule has 0 amide bonds. The molecule has 1 unspecified atom stereocenters. The van der Waals surface area contributed by atoms with Crippen LogP contribution in [0.25, 0.3) is 0 Å². The third-order valence-corrected chi connectivity index (χ3v) is 12.4. The van der Waals surface area contributed by atoms with Gasteiger partial charge in [-0.3, -0.25) is 0 Å². The maximum atomic E-state index is 11.6. The summed E-state index contributed by atoms with van der Waals surface area (Å²) >= 11 is 0. The van der Waals surface area contributed by atoms with Crippen LogP contribution in [-0.2, 0) is 52.1 Å². The lowest BCUT2D eigenvalue weighted by molar-refractivity contribution is -0.392. The van der Waals surface area contributed by atoms with Crippen LogP contribution in [0.1, 0.15) is 0 Å². The van der Waals surface area contributed by atoms with Crippen molar-refractivity contribution in [1.29, 1.82) is 0 Å². The van der Waals surface area contributed by atoms with Gasteiger partial charge in [0, 0.05) is 0 Å². The maximum absolute atomic E-state index is 11.6. The molecular weight excluding hydrogens is 928 g/mol. The van der Waals surface area contributed by atoms with Crippen LogP contribution < -0.4 is 0 Å². The van der Waals surface area contributed by atoms with E-state index in [9.17, 15) is 102 Å². The first-order chi connectivity index (χ1) is 31.7. The zero-order valence-corrected chi connectivity index (χ0v) is 35.0. The SMILES string of the molecule is OC[C@H]1O[C@H](OC[C@H]2O[C@@H](O[C@H]3[C@H](O)[C@H](O)[C@H](O[C@H]4[C@H](O)[C@H](O)[C@H](O[C@H]5[C@H](O)[C@H](O)C(O)O[C@@H]5CO)O[C@@H]4CO)O[C@@H]3CO[C@H]3O[C@H](CO)[C@H](O)[C@H](O)[C@H]3O)[C@@H](O)[C@@H](O)[C@@H]2O)[C@H](O)[C@@H](O)[C@H]1O. The fraction of sp³-hybridized carbons (Fsp3) is 1.00. The summed E-state index contributed by atoms with van der Waals surface area (Å²) in [5, 5.41) is 209. The van der Waals surface area contributed by atoms with Crippen LogP contribution in [0, 0.1) is 0 Å². The van der Waals surface area contributed by atoms with Crippen LogP contribution in [-0.4, -0.2) is 326 Å². The van der Waals surface area contributed by atoms with Crippen LogP contribution in [0.15, 0.2) is 0 Å². The van der Waals surface area contributed by atoms with Gasteiger partial charge in [0.2, 0.25) is 0 Å². The van der Waals surface area contributed by atoms with Gasteiger partial charge in [0.15, 0.2) is 37.7 Å². The molecule has 0 spiro atoms. The van der Waals surface area contributed by atoms with Crippen molar-refractivity contribution in [1.82, 2.24) is 0 Å². The quantitative estimate of drug-likeness (QED) is 0.0683. The Hall–Kier alpha value is -1.24. The molecule has 0 radical (unpaired) electrons. The molecular formula is C36H62O31. The molecule has 392 valence electrons. The van der Waals surface area contributed by atoms with Gasteiger partial charge in [-0.2, -0.15) is 0 Å². The number of rotatable bonds is 16. The van der Waals surface area contributed by atoms with Gasteiger partial charge >= 0.3 is 0 Å². The van der Waals surface area contributed by atoms with Crippen LogP contribution >= 0.6 is 0 Å². The Kier molecular flexibility index (Phi) is 19.4. The summed E-state index contributed by atoms with van der Waals surface area (Å²) in [5.74, 6) is 0.